The van der Waals surface area contributed by atoms with Gasteiger partial charge in [-0.2, -0.15) is 5.26 Å². The summed E-state index contributed by atoms with van der Waals surface area (Å²) in [5.74, 6) is 0.640. The average molecular weight is 263 g/mol. The molecule has 0 unspecified atom stereocenters. The van der Waals surface area contributed by atoms with Crippen LogP contribution in [0.1, 0.15) is 44.9 Å². The predicted molar refractivity (Wildman–Crippen MR) is 74.4 cm³/mol. The van der Waals surface area contributed by atoms with Gasteiger partial charge in [-0.05, 0) is 12.8 Å². The van der Waals surface area contributed by atoms with Crippen molar-refractivity contribution in [1.29, 1.82) is 5.26 Å². The zero-order valence-corrected chi connectivity index (χ0v) is 11.8. The number of carbonyl (C=O) groups excluding carboxylic acids is 1. The summed E-state index contributed by atoms with van der Waals surface area (Å²) < 4.78 is 0. The summed E-state index contributed by atoms with van der Waals surface area (Å²) in [6, 6.07) is 2.18. The molecule has 0 aromatic heterocycles. The van der Waals surface area contributed by atoms with Crippen LogP contribution in [0.3, 0.4) is 0 Å². The number of hydrogen-bond acceptors (Lipinski definition) is 3. The van der Waals surface area contributed by atoms with Crippen LogP contribution in [0.4, 0.5) is 0 Å². The zero-order valence-electron chi connectivity index (χ0n) is 11.8. The average Bonchev–Trinajstić information content (AvgIpc) is 2.39. The molecule has 4 nitrogen and oxygen atoms in total. The van der Waals surface area contributed by atoms with Crippen LogP contribution in [-0.4, -0.2) is 48.4 Å². The Hall–Kier alpha value is -1.08. The van der Waals surface area contributed by atoms with Crippen LogP contribution in [0.5, 0.6) is 0 Å². The first-order valence-electron chi connectivity index (χ1n) is 7.69. The summed E-state index contributed by atoms with van der Waals surface area (Å²) >= 11 is 0. The zero-order chi connectivity index (χ0) is 13.5. The second kappa shape index (κ2) is 7.49. The molecule has 0 bridgehead atoms. The number of rotatable bonds is 2. The third-order valence-electron chi connectivity index (χ3n) is 4.43. The largest absolute Gasteiger partial charge is 0.340 e. The van der Waals surface area contributed by atoms with Gasteiger partial charge in [-0.25, -0.2) is 0 Å². The lowest BCUT2D eigenvalue weighted by Gasteiger charge is -2.35. The molecule has 2 aliphatic rings. The molecular formula is C15H25N3O. The first-order valence-corrected chi connectivity index (χ1v) is 7.69. The van der Waals surface area contributed by atoms with Crippen LogP contribution in [0.2, 0.25) is 0 Å². The Bertz CT molecular complexity index is 321. The quantitative estimate of drug-likeness (QED) is 0.716. The SMILES string of the molecule is N#CCN1CCN(C(=O)C2CCCCCCC2)CC1. The van der Waals surface area contributed by atoms with Crippen molar-refractivity contribution in [3.63, 3.8) is 0 Å². The summed E-state index contributed by atoms with van der Waals surface area (Å²) in [5.41, 5.74) is 0. The van der Waals surface area contributed by atoms with E-state index in [0.29, 0.717) is 12.5 Å². The van der Waals surface area contributed by atoms with Gasteiger partial charge in [0.25, 0.3) is 0 Å². The van der Waals surface area contributed by atoms with Crippen molar-refractivity contribution < 1.29 is 4.79 Å². The molecule has 19 heavy (non-hydrogen) atoms. The van der Waals surface area contributed by atoms with Gasteiger partial charge in [-0.1, -0.05) is 32.1 Å². The van der Waals surface area contributed by atoms with E-state index in [-0.39, 0.29) is 5.92 Å². The highest BCUT2D eigenvalue weighted by atomic mass is 16.2. The molecule has 0 radical (unpaired) electrons. The molecule has 106 valence electrons. The number of nitriles is 1. The fraction of sp³-hybridized carbons (Fsp3) is 0.867. The van der Waals surface area contributed by atoms with Crippen molar-refractivity contribution in [1.82, 2.24) is 9.80 Å². The van der Waals surface area contributed by atoms with Crippen LogP contribution in [-0.2, 0) is 4.79 Å². The van der Waals surface area contributed by atoms with E-state index in [9.17, 15) is 4.79 Å². The number of hydrogen-bond donors (Lipinski definition) is 0. The van der Waals surface area contributed by atoms with Crippen molar-refractivity contribution >= 4 is 5.91 Å². The Balaban J connectivity index is 1.81. The maximum atomic E-state index is 12.5. The van der Waals surface area contributed by atoms with Crippen molar-refractivity contribution in [3.05, 3.63) is 0 Å². The molecule has 0 aromatic carbocycles. The van der Waals surface area contributed by atoms with E-state index >= 15 is 0 Å². The minimum absolute atomic E-state index is 0.266. The molecule has 1 saturated carbocycles. The van der Waals surface area contributed by atoms with Crippen LogP contribution < -0.4 is 0 Å². The van der Waals surface area contributed by atoms with Gasteiger partial charge in [0.1, 0.15) is 0 Å². The van der Waals surface area contributed by atoms with Crippen molar-refractivity contribution in [2.24, 2.45) is 5.92 Å². The third kappa shape index (κ3) is 4.21. The summed E-state index contributed by atoms with van der Waals surface area (Å²) in [6.45, 7) is 3.80. The molecule has 1 saturated heterocycles. The summed E-state index contributed by atoms with van der Waals surface area (Å²) in [6.07, 6.45) is 8.51. The van der Waals surface area contributed by atoms with E-state index in [2.05, 4.69) is 11.0 Å². The first-order chi connectivity index (χ1) is 9.31. The molecule has 0 spiro atoms. The highest BCUT2D eigenvalue weighted by Crippen LogP contribution is 2.24. The molecule has 1 amide bonds. The van der Waals surface area contributed by atoms with Gasteiger partial charge in [0.05, 0.1) is 12.6 Å². The molecule has 1 heterocycles. The number of carbonyl (C=O) groups is 1. The van der Waals surface area contributed by atoms with E-state index in [1.807, 2.05) is 4.90 Å². The fourth-order valence-corrected chi connectivity index (χ4v) is 3.19. The topological polar surface area (TPSA) is 47.3 Å². The monoisotopic (exact) mass is 263 g/mol. The predicted octanol–water partition coefficient (Wildman–Crippen LogP) is 2.01. The van der Waals surface area contributed by atoms with E-state index in [0.717, 1.165) is 39.0 Å². The minimum atomic E-state index is 0.266. The molecular weight excluding hydrogens is 238 g/mol. The van der Waals surface area contributed by atoms with E-state index in [4.69, 9.17) is 5.26 Å². The Morgan fingerprint density at radius 3 is 2.16 bits per heavy atom. The first kappa shape index (κ1) is 14.3. The molecule has 1 aliphatic carbocycles. The van der Waals surface area contributed by atoms with Gasteiger partial charge in [0, 0.05) is 32.1 Å². The molecule has 1 aliphatic heterocycles. The Kier molecular flexibility index (Phi) is 5.65. The van der Waals surface area contributed by atoms with Crippen molar-refractivity contribution in [3.8, 4) is 6.07 Å². The van der Waals surface area contributed by atoms with Gasteiger partial charge < -0.3 is 4.90 Å². The molecule has 0 aromatic rings. The lowest BCUT2D eigenvalue weighted by Crippen LogP contribution is -2.50. The normalized spacial score (nSPS) is 23.4. The van der Waals surface area contributed by atoms with E-state index in [1.54, 1.807) is 0 Å². The maximum absolute atomic E-state index is 12.5. The summed E-state index contributed by atoms with van der Waals surface area (Å²) in [7, 11) is 0. The number of nitrogens with zero attached hydrogens (tertiary/aromatic N) is 3. The van der Waals surface area contributed by atoms with E-state index in [1.165, 1.54) is 32.1 Å². The second-order valence-electron chi connectivity index (χ2n) is 5.80. The summed E-state index contributed by atoms with van der Waals surface area (Å²) in [5, 5.41) is 8.68. The highest BCUT2D eigenvalue weighted by molar-refractivity contribution is 5.79. The smallest absolute Gasteiger partial charge is 0.225 e. The standard InChI is InChI=1S/C15H25N3O/c16-8-9-17-10-12-18(13-11-17)15(19)14-6-4-2-1-3-5-7-14/h14H,1-7,9-13H2. The lowest BCUT2D eigenvalue weighted by atomic mass is 9.90. The van der Waals surface area contributed by atoms with Crippen LogP contribution in [0, 0.1) is 17.2 Å². The van der Waals surface area contributed by atoms with Gasteiger partial charge in [-0.15, -0.1) is 0 Å². The van der Waals surface area contributed by atoms with Crippen LogP contribution >= 0.6 is 0 Å². The van der Waals surface area contributed by atoms with Crippen LogP contribution in [0.15, 0.2) is 0 Å². The molecule has 2 rings (SSSR count). The van der Waals surface area contributed by atoms with Gasteiger partial charge in [-0.3, -0.25) is 9.69 Å². The minimum Gasteiger partial charge on any atom is -0.340 e. The van der Waals surface area contributed by atoms with Gasteiger partial charge >= 0.3 is 0 Å². The molecule has 2 fully saturated rings. The summed E-state index contributed by atoms with van der Waals surface area (Å²) in [4.78, 5) is 16.7. The van der Waals surface area contributed by atoms with Gasteiger partial charge in [0.15, 0.2) is 0 Å². The van der Waals surface area contributed by atoms with Crippen LogP contribution in [0.25, 0.3) is 0 Å². The Morgan fingerprint density at radius 1 is 1.00 bits per heavy atom. The molecule has 0 atom stereocenters. The second-order valence-corrected chi connectivity index (χ2v) is 5.80. The van der Waals surface area contributed by atoms with Crippen molar-refractivity contribution in [2.75, 3.05) is 32.7 Å². The lowest BCUT2D eigenvalue weighted by molar-refractivity contribution is -0.137. The third-order valence-corrected chi connectivity index (χ3v) is 4.43. The molecule has 4 heteroatoms. The van der Waals surface area contributed by atoms with E-state index < -0.39 is 0 Å². The van der Waals surface area contributed by atoms with Crippen molar-refractivity contribution in [2.45, 2.75) is 44.9 Å². The van der Waals surface area contributed by atoms with Gasteiger partial charge in [0.2, 0.25) is 5.91 Å². The maximum Gasteiger partial charge on any atom is 0.225 e. The Morgan fingerprint density at radius 2 is 1.58 bits per heavy atom. The number of amides is 1. The molecule has 0 N–H and O–H groups in total. The highest BCUT2D eigenvalue weighted by Gasteiger charge is 2.27. The number of piperazine rings is 1. The fourth-order valence-electron chi connectivity index (χ4n) is 3.19. The Labute approximate surface area is 116 Å².